The Morgan fingerprint density at radius 3 is 2.92 bits per heavy atom. The van der Waals surface area contributed by atoms with Gasteiger partial charge in [0.2, 0.25) is 0 Å². The molecule has 5 nitrogen and oxygen atoms in total. The molecule has 0 unspecified atom stereocenters. The van der Waals surface area contributed by atoms with E-state index in [9.17, 15) is 4.79 Å². The van der Waals surface area contributed by atoms with Crippen molar-refractivity contribution in [3.05, 3.63) is 59.1 Å². The zero-order valence-electron chi connectivity index (χ0n) is 14.6. The number of carbonyl (C=O) groups is 1. The lowest BCUT2D eigenvalue weighted by atomic mass is 10.0. The molecule has 1 N–H and O–H groups in total. The van der Waals surface area contributed by atoms with Crippen molar-refractivity contribution in [2.45, 2.75) is 19.8 Å². The summed E-state index contributed by atoms with van der Waals surface area (Å²) >= 11 is 1.58. The lowest BCUT2D eigenvalue weighted by Gasteiger charge is -2.30. The highest BCUT2D eigenvalue weighted by Gasteiger charge is 2.18. The largest absolute Gasteiger partial charge is 0.362 e. The zero-order chi connectivity index (χ0) is 17.9. The maximum absolute atomic E-state index is 12.4. The minimum Gasteiger partial charge on any atom is -0.362 e. The molecule has 3 aromatic rings. The Kier molecular flexibility index (Phi) is 4.67. The lowest BCUT2D eigenvalue weighted by Crippen LogP contribution is -2.38. The molecule has 0 aliphatic carbocycles. The van der Waals surface area contributed by atoms with Crippen LogP contribution in [0.1, 0.15) is 23.9 Å². The quantitative estimate of drug-likeness (QED) is 0.568. The first-order chi connectivity index (χ1) is 12.7. The molecule has 0 saturated carbocycles. The molecule has 1 aromatic heterocycles. The van der Waals surface area contributed by atoms with E-state index in [0.29, 0.717) is 6.54 Å². The second kappa shape index (κ2) is 7.25. The van der Waals surface area contributed by atoms with Gasteiger partial charge in [0.25, 0.3) is 5.91 Å². The molecule has 0 saturated heterocycles. The fraction of sp³-hybridized carbons (Fsp3) is 0.250. The molecule has 6 heteroatoms. The Bertz CT molecular complexity index is 946. The molecule has 26 heavy (non-hydrogen) atoms. The predicted octanol–water partition coefficient (Wildman–Crippen LogP) is 3.59. The van der Waals surface area contributed by atoms with Gasteiger partial charge in [0, 0.05) is 12.2 Å². The zero-order valence-corrected chi connectivity index (χ0v) is 15.4. The average Bonchev–Trinajstić information content (AvgIpc) is 3.11. The number of anilines is 1. The first-order valence-corrected chi connectivity index (χ1v) is 9.54. The summed E-state index contributed by atoms with van der Waals surface area (Å²) in [5.74, 6) is -0.109. The average molecular weight is 364 g/mol. The first-order valence-electron chi connectivity index (χ1n) is 8.72. The molecule has 0 atom stereocenters. The number of aryl methyl sites for hydroxylation is 1. The van der Waals surface area contributed by atoms with Crippen LogP contribution in [0, 0.1) is 0 Å². The Morgan fingerprint density at radius 2 is 2.04 bits per heavy atom. The second-order valence-corrected chi connectivity index (χ2v) is 7.40. The van der Waals surface area contributed by atoms with Crippen LogP contribution in [0.2, 0.25) is 0 Å². The van der Waals surface area contributed by atoms with E-state index in [1.807, 2.05) is 43.3 Å². The van der Waals surface area contributed by atoms with Crippen LogP contribution < -0.4 is 10.3 Å². The molecule has 1 aliphatic rings. The van der Waals surface area contributed by atoms with Crippen molar-refractivity contribution in [3.63, 3.8) is 0 Å². The Hall–Kier alpha value is -2.73. The van der Waals surface area contributed by atoms with Crippen LogP contribution in [0.4, 0.5) is 5.69 Å². The van der Waals surface area contributed by atoms with E-state index < -0.39 is 0 Å². The van der Waals surface area contributed by atoms with Gasteiger partial charge < -0.3 is 4.90 Å². The molecule has 0 fully saturated rings. The number of thiazole rings is 1. The van der Waals surface area contributed by atoms with Crippen LogP contribution in [0.3, 0.4) is 0 Å². The summed E-state index contributed by atoms with van der Waals surface area (Å²) in [4.78, 5) is 19.0. The Labute approximate surface area is 156 Å². The molecule has 132 valence electrons. The van der Waals surface area contributed by atoms with Crippen LogP contribution in [0.5, 0.6) is 0 Å². The number of para-hydroxylation sites is 2. The van der Waals surface area contributed by atoms with Crippen molar-refractivity contribution in [2.75, 3.05) is 18.0 Å². The van der Waals surface area contributed by atoms with E-state index >= 15 is 0 Å². The Morgan fingerprint density at radius 1 is 1.23 bits per heavy atom. The highest BCUT2D eigenvalue weighted by atomic mass is 32.1. The monoisotopic (exact) mass is 364 g/mol. The standard InChI is InChI=1S/C20H20N4OS/c1-14(20-21-16-9-3-5-11-18(16)26-20)22-23-19(25)13-24-12-6-8-15-7-2-4-10-17(15)24/h2-5,7,9-11H,6,8,12-13H2,1H3,(H,23,25)/b22-14-. The van der Waals surface area contributed by atoms with Gasteiger partial charge in [-0.1, -0.05) is 30.3 Å². The first kappa shape index (κ1) is 16.7. The van der Waals surface area contributed by atoms with E-state index in [1.54, 1.807) is 11.3 Å². The lowest BCUT2D eigenvalue weighted by molar-refractivity contribution is -0.119. The maximum atomic E-state index is 12.4. The van der Waals surface area contributed by atoms with Gasteiger partial charge in [0.15, 0.2) is 0 Å². The number of rotatable bonds is 4. The molecule has 4 rings (SSSR count). The third-order valence-corrected chi connectivity index (χ3v) is 5.64. The fourth-order valence-electron chi connectivity index (χ4n) is 3.21. The number of hydrazone groups is 1. The molecular weight excluding hydrogens is 344 g/mol. The SMILES string of the molecule is C/C(=N/NC(=O)CN1CCCc2ccccc21)c1nc2ccccc2s1. The summed E-state index contributed by atoms with van der Waals surface area (Å²) in [6.07, 6.45) is 2.14. The van der Waals surface area contributed by atoms with Gasteiger partial charge in [-0.25, -0.2) is 10.4 Å². The van der Waals surface area contributed by atoms with Crippen LogP contribution in [-0.4, -0.2) is 29.7 Å². The highest BCUT2D eigenvalue weighted by molar-refractivity contribution is 7.20. The third-order valence-electron chi connectivity index (χ3n) is 4.49. The molecule has 1 amide bonds. The van der Waals surface area contributed by atoms with E-state index in [0.717, 1.165) is 46.0 Å². The predicted molar refractivity (Wildman–Crippen MR) is 107 cm³/mol. The number of carbonyl (C=O) groups excluding carboxylic acids is 1. The normalized spacial score (nSPS) is 14.3. The van der Waals surface area contributed by atoms with Crippen molar-refractivity contribution in [1.29, 1.82) is 0 Å². The van der Waals surface area contributed by atoms with Crippen molar-refractivity contribution in [3.8, 4) is 0 Å². The van der Waals surface area contributed by atoms with Crippen LogP contribution in [-0.2, 0) is 11.2 Å². The van der Waals surface area contributed by atoms with Gasteiger partial charge in [-0.2, -0.15) is 5.10 Å². The molecular formula is C20H20N4OS. The van der Waals surface area contributed by atoms with Gasteiger partial charge in [-0.3, -0.25) is 4.79 Å². The molecule has 2 aromatic carbocycles. The molecule has 0 radical (unpaired) electrons. The minimum absolute atomic E-state index is 0.109. The van der Waals surface area contributed by atoms with Crippen LogP contribution >= 0.6 is 11.3 Å². The van der Waals surface area contributed by atoms with E-state index in [2.05, 4.69) is 32.5 Å². The van der Waals surface area contributed by atoms with Gasteiger partial charge in [0.05, 0.1) is 22.5 Å². The smallest absolute Gasteiger partial charge is 0.259 e. The molecule has 2 heterocycles. The topological polar surface area (TPSA) is 57.6 Å². The van der Waals surface area contributed by atoms with E-state index in [4.69, 9.17) is 0 Å². The fourth-order valence-corrected chi connectivity index (χ4v) is 4.12. The van der Waals surface area contributed by atoms with E-state index in [-0.39, 0.29) is 5.91 Å². The van der Waals surface area contributed by atoms with Crippen LogP contribution in [0.25, 0.3) is 10.2 Å². The number of amides is 1. The number of nitrogens with zero attached hydrogens (tertiary/aromatic N) is 3. The number of benzene rings is 2. The van der Waals surface area contributed by atoms with Crippen molar-refractivity contribution < 1.29 is 4.79 Å². The molecule has 1 aliphatic heterocycles. The summed E-state index contributed by atoms with van der Waals surface area (Å²) in [5.41, 5.74) is 6.81. The number of aromatic nitrogens is 1. The summed E-state index contributed by atoms with van der Waals surface area (Å²) in [6.45, 7) is 3.08. The minimum atomic E-state index is -0.109. The Balaban J connectivity index is 1.43. The molecule has 0 bridgehead atoms. The van der Waals surface area contributed by atoms with Crippen molar-refractivity contribution >= 4 is 38.9 Å². The van der Waals surface area contributed by atoms with Crippen molar-refractivity contribution in [1.82, 2.24) is 10.4 Å². The summed E-state index contributed by atoms with van der Waals surface area (Å²) in [6, 6.07) is 16.3. The van der Waals surface area contributed by atoms with Crippen molar-refractivity contribution in [2.24, 2.45) is 5.10 Å². The van der Waals surface area contributed by atoms with Gasteiger partial charge in [-0.15, -0.1) is 11.3 Å². The number of hydrogen-bond acceptors (Lipinski definition) is 5. The summed E-state index contributed by atoms with van der Waals surface area (Å²) in [7, 11) is 0. The van der Waals surface area contributed by atoms with Gasteiger partial charge >= 0.3 is 0 Å². The highest BCUT2D eigenvalue weighted by Crippen LogP contribution is 2.26. The molecule has 0 spiro atoms. The number of fused-ring (bicyclic) bond motifs is 2. The van der Waals surface area contributed by atoms with Crippen LogP contribution in [0.15, 0.2) is 53.6 Å². The summed E-state index contributed by atoms with van der Waals surface area (Å²) in [5, 5.41) is 5.08. The summed E-state index contributed by atoms with van der Waals surface area (Å²) < 4.78 is 1.12. The van der Waals surface area contributed by atoms with Gasteiger partial charge in [0.1, 0.15) is 5.01 Å². The number of nitrogens with one attached hydrogen (secondary N) is 1. The second-order valence-electron chi connectivity index (χ2n) is 6.37. The van der Waals surface area contributed by atoms with Gasteiger partial charge in [-0.05, 0) is 43.5 Å². The maximum Gasteiger partial charge on any atom is 0.259 e. The van der Waals surface area contributed by atoms with E-state index in [1.165, 1.54) is 5.56 Å². The number of hydrogen-bond donors (Lipinski definition) is 1. The third kappa shape index (κ3) is 3.46.